The molecule has 1 rings (SSSR count). The lowest BCUT2D eigenvalue weighted by Gasteiger charge is -2.08. The quantitative estimate of drug-likeness (QED) is 0.596. The Balaban J connectivity index is 0.00000169. The summed E-state index contributed by atoms with van der Waals surface area (Å²) < 4.78 is 36.3. The molecule has 1 nitrogen and oxygen atoms in total. The molecular weight excluding hydrogens is 238 g/mol. The number of rotatable bonds is 1. The Morgan fingerprint density at radius 1 is 1.29 bits per heavy atom. The fourth-order valence-corrected chi connectivity index (χ4v) is 1.14. The van der Waals surface area contributed by atoms with Crippen LogP contribution in [-0.2, 0) is 12.1 Å². The van der Waals surface area contributed by atoms with Crippen molar-refractivity contribution >= 4 is 29.7 Å². The number of halogens is 5. The number of benzene rings is 1. The van der Waals surface area contributed by atoms with Crippen molar-refractivity contribution < 1.29 is 13.2 Å². The molecule has 0 spiro atoms. The summed E-state index contributed by atoms with van der Waals surface area (Å²) in [6, 6.07) is 3.14. The van der Waals surface area contributed by atoms with Gasteiger partial charge in [-0.2, -0.15) is 13.2 Å². The van der Waals surface area contributed by atoms with Gasteiger partial charge in [0.1, 0.15) is 0 Å². The Morgan fingerprint density at radius 2 is 1.86 bits per heavy atom. The number of nitrogen functional groups attached to an aromatic ring is 1. The van der Waals surface area contributed by atoms with Crippen molar-refractivity contribution in [2.75, 3.05) is 5.73 Å². The number of hydrogen-bond donors (Lipinski definition) is 1. The van der Waals surface area contributed by atoms with Crippen molar-refractivity contribution in [1.29, 1.82) is 0 Å². The van der Waals surface area contributed by atoms with Crippen LogP contribution < -0.4 is 5.73 Å². The third-order valence-electron chi connectivity index (χ3n) is 1.62. The zero-order chi connectivity index (χ0) is 10.1. The van der Waals surface area contributed by atoms with Gasteiger partial charge in [0.2, 0.25) is 0 Å². The molecule has 0 saturated heterocycles. The molecule has 0 aliphatic heterocycles. The molecule has 1 aromatic carbocycles. The van der Waals surface area contributed by atoms with Crippen LogP contribution in [-0.4, -0.2) is 0 Å². The maximum atomic E-state index is 12.1. The van der Waals surface area contributed by atoms with Gasteiger partial charge < -0.3 is 5.73 Å². The SMILES string of the molecule is Cl.Nc1cc(C(F)(F)F)ccc1CCl. The molecule has 0 aromatic heterocycles. The Labute approximate surface area is 90.5 Å². The molecule has 0 unspecified atom stereocenters. The molecule has 14 heavy (non-hydrogen) atoms. The number of anilines is 1. The summed E-state index contributed by atoms with van der Waals surface area (Å²) >= 11 is 5.44. The minimum absolute atomic E-state index is 0. The van der Waals surface area contributed by atoms with Crippen molar-refractivity contribution in [3.8, 4) is 0 Å². The van der Waals surface area contributed by atoms with Gasteiger partial charge in [0.25, 0.3) is 0 Å². The molecule has 0 atom stereocenters. The molecule has 0 aliphatic carbocycles. The Bertz CT molecular complexity index is 312. The highest BCUT2D eigenvalue weighted by Crippen LogP contribution is 2.31. The van der Waals surface area contributed by atoms with E-state index in [1.165, 1.54) is 6.07 Å². The smallest absolute Gasteiger partial charge is 0.398 e. The largest absolute Gasteiger partial charge is 0.416 e. The predicted octanol–water partition coefficient (Wildman–Crippen LogP) is 3.45. The summed E-state index contributed by atoms with van der Waals surface area (Å²) in [4.78, 5) is 0. The Hall–Kier alpha value is -0.610. The summed E-state index contributed by atoms with van der Waals surface area (Å²) in [6.07, 6.45) is -4.35. The van der Waals surface area contributed by atoms with Crippen molar-refractivity contribution in [1.82, 2.24) is 0 Å². The molecular formula is C8H8Cl2F3N. The second kappa shape index (κ2) is 4.75. The van der Waals surface area contributed by atoms with Crippen LogP contribution in [0.15, 0.2) is 18.2 Å². The normalized spacial score (nSPS) is 10.9. The zero-order valence-corrected chi connectivity index (χ0v) is 8.51. The Morgan fingerprint density at radius 3 is 2.21 bits per heavy atom. The number of hydrogen-bond acceptors (Lipinski definition) is 1. The summed E-state index contributed by atoms with van der Waals surface area (Å²) in [6.45, 7) is 0. The van der Waals surface area contributed by atoms with Gasteiger partial charge in [-0.25, -0.2) is 0 Å². The van der Waals surface area contributed by atoms with E-state index in [9.17, 15) is 13.2 Å². The highest BCUT2D eigenvalue weighted by molar-refractivity contribution is 6.17. The van der Waals surface area contributed by atoms with Crippen LogP contribution in [0.5, 0.6) is 0 Å². The molecule has 0 radical (unpaired) electrons. The van der Waals surface area contributed by atoms with Crippen LogP contribution in [0, 0.1) is 0 Å². The molecule has 0 amide bonds. The van der Waals surface area contributed by atoms with Crippen LogP contribution in [0.2, 0.25) is 0 Å². The van der Waals surface area contributed by atoms with Crippen LogP contribution in [0.25, 0.3) is 0 Å². The van der Waals surface area contributed by atoms with Gasteiger partial charge in [-0.3, -0.25) is 0 Å². The highest BCUT2D eigenvalue weighted by Gasteiger charge is 2.30. The van der Waals surface area contributed by atoms with Gasteiger partial charge in [0.15, 0.2) is 0 Å². The minimum Gasteiger partial charge on any atom is -0.398 e. The molecule has 6 heteroatoms. The zero-order valence-electron chi connectivity index (χ0n) is 6.94. The average Bonchev–Trinajstić information content (AvgIpc) is 2.02. The average molecular weight is 246 g/mol. The topological polar surface area (TPSA) is 26.0 Å². The van der Waals surface area contributed by atoms with Gasteiger partial charge in [0.05, 0.1) is 5.56 Å². The van der Waals surface area contributed by atoms with E-state index in [1.54, 1.807) is 0 Å². The van der Waals surface area contributed by atoms with Gasteiger partial charge in [-0.15, -0.1) is 24.0 Å². The molecule has 80 valence electrons. The maximum absolute atomic E-state index is 12.1. The lowest BCUT2D eigenvalue weighted by Crippen LogP contribution is -2.06. The van der Waals surface area contributed by atoms with Gasteiger partial charge in [0, 0.05) is 11.6 Å². The number of nitrogens with two attached hydrogens (primary N) is 1. The van der Waals surface area contributed by atoms with Crippen molar-refractivity contribution in [2.24, 2.45) is 0 Å². The third kappa shape index (κ3) is 2.96. The standard InChI is InChI=1S/C8H7ClF3N.ClH/c9-4-5-1-2-6(3-7(5)13)8(10,11)12;/h1-3H,4,13H2;1H. The predicted molar refractivity (Wildman–Crippen MR) is 52.7 cm³/mol. The second-order valence-electron chi connectivity index (χ2n) is 2.54. The van der Waals surface area contributed by atoms with Gasteiger partial charge >= 0.3 is 6.18 Å². The van der Waals surface area contributed by atoms with Crippen LogP contribution >= 0.6 is 24.0 Å². The van der Waals surface area contributed by atoms with Crippen LogP contribution in [0.4, 0.5) is 18.9 Å². The molecule has 0 heterocycles. The lowest BCUT2D eigenvalue weighted by atomic mass is 10.1. The summed E-state index contributed by atoms with van der Waals surface area (Å²) in [5.74, 6) is 0.115. The monoisotopic (exact) mass is 245 g/mol. The van der Waals surface area contributed by atoms with Crippen LogP contribution in [0.1, 0.15) is 11.1 Å². The fraction of sp³-hybridized carbons (Fsp3) is 0.250. The van der Waals surface area contributed by atoms with E-state index < -0.39 is 11.7 Å². The van der Waals surface area contributed by atoms with Crippen molar-refractivity contribution in [2.45, 2.75) is 12.1 Å². The first-order chi connectivity index (χ1) is 5.95. The van der Waals surface area contributed by atoms with Crippen molar-refractivity contribution in [3.63, 3.8) is 0 Å². The van der Waals surface area contributed by atoms with Gasteiger partial charge in [-0.1, -0.05) is 6.07 Å². The lowest BCUT2D eigenvalue weighted by molar-refractivity contribution is -0.137. The maximum Gasteiger partial charge on any atom is 0.416 e. The van der Waals surface area contributed by atoms with E-state index in [0.29, 0.717) is 5.56 Å². The Kier molecular flexibility index (Phi) is 4.55. The summed E-state index contributed by atoms with van der Waals surface area (Å²) in [7, 11) is 0. The van der Waals surface area contributed by atoms with E-state index in [-0.39, 0.29) is 24.0 Å². The van der Waals surface area contributed by atoms with E-state index >= 15 is 0 Å². The molecule has 0 fully saturated rings. The number of alkyl halides is 4. The molecule has 0 saturated carbocycles. The summed E-state index contributed by atoms with van der Waals surface area (Å²) in [5, 5.41) is 0. The van der Waals surface area contributed by atoms with E-state index in [0.717, 1.165) is 12.1 Å². The first kappa shape index (κ1) is 13.4. The van der Waals surface area contributed by atoms with E-state index in [1.807, 2.05) is 0 Å². The third-order valence-corrected chi connectivity index (χ3v) is 1.91. The summed E-state index contributed by atoms with van der Waals surface area (Å²) in [5.41, 5.74) is 5.18. The highest BCUT2D eigenvalue weighted by atomic mass is 35.5. The van der Waals surface area contributed by atoms with Crippen LogP contribution in [0.3, 0.4) is 0 Å². The van der Waals surface area contributed by atoms with Gasteiger partial charge in [-0.05, 0) is 17.7 Å². The minimum atomic E-state index is -4.35. The molecule has 2 N–H and O–H groups in total. The first-order valence-corrected chi connectivity index (χ1v) is 4.00. The van der Waals surface area contributed by atoms with E-state index in [2.05, 4.69) is 0 Å². The van der Waals surface area contributed by atoms with E-state index in [4.69, 9.17) is 17.3 Å². The molecule has 1 aromatic rings. The fourth-order valence-electron chi connectivity index (χ4n) is 0.893. The van der Waals surface area contributed by atoms with Crippen molar-refractivity contribution in [3.05, 3.63) is 29.3 Å². The first-order valence-electron chi connectivity index (χ1n) is 3.46. The molecule has 0 bridgehead atoms. The molecule has 0 aliphatic rings. The second-order valence-corrected chi connectivity index (χ2v) is 2.81.